The van der Waals surface area contributed by atoms with E-state index in [1.165, 1.54) is 22.3 Å². The predicted molar refractivity (Wildman–Crippen MR) is 135 cm³/mol. The normalized spacial score (nSPS) is 11.9. The molecule has 1 aliphatic rings. The van der Waals surface area contributed by atoms with E-state index < -0.39 is 0 Å². The SMILES string of the molecule is c1ccc(-c2ccc3c(c2)N(c2ccccc2)c2cc(-c4ccccc4)ccc2N3)cc1. The van der Waals surface area contributed by atoms with Crippen molar-refractivity contribution in [3.63, 3.8) is 0 Å². The van der Waals surface area contributed by atoms with E-state index in [1.54, 1.807) is 0 Å². The van der Waals surface area contributed by atoms with Crippen molar-refractivity contribution in [3.8, 4) is 22.3 Å². The first-order valence-corrected chi connectivity index (χ1v) is 10.9. The van der Waals surface area contributed by atoms with Crippen LogP contribution in [-0.4, -0.2) is 0 Å². The molecule has 32 heavy (non-hydrogen) atoms. The van der Waals surface area contributed by atoms with Crippen molar-refractivity contribution in [1.82, 2.24) is 0 Å². The van der Waals surface area contributed by atoms with E-state index in [-0.39, 0.29) is 0 Å². The lowest BCUT2D eigenvalue weighted by Crippen LogP contribution is -2.17. The van der Waals surface area contributed by atoms with E-state index in [9.17, 15) is 0 Å². The summed E-state index contributed by atoms with van der Waals surface area (Å²) in [7, 11) is 0. The van der Waals surface area contributed by atoms with Gasteiger partial charge in [0.1, 0.15) is 0 Å². The van der Waals surface area contributed by atoms with Crippen molar-refractivity contribution in [1.29, 1.82) is 0 Å². The molecule has 0 radical (unpaired) electrons. The molecule has 0 fully saturated rings. The van der Waals surface area contributed by atoms with Gasteiger partial charge in [0.15, 0.2) is 0 Å². The van der Waals surface area contributed by atoms with E-state index in [1.807, 2.05) is 0 Å². The van der Waals surface area contributed by atoms with Crippen molar-refractivity contribution < 1.29 is 0 Å². The summed E-state index contributed by atoms with van der Waals surface area (Å²) in [5, 5.41) is 3.66. The van der Waals surface area contributed by atoms with E-state index in [0.29, 0.717) is 0 Å². The fourth-order valence-electron chi connectivity index (χ4n) is 4.40. The molecular formula is C30H22N2. The minimum Gasteiger partial charge on any atom is -0.352 e. The molecule has 0 aliphatic carbocycles. The van der Waals surface area contributed by atoms with Gasteiger partial charge in [-0.05, 0) is 58.7 Å². The first-order chi connectivity index (χ1) is 15.9. The molecule has 1 aliphatic heterocycles. The molecule has 0 saturated heterocycles. The third-order valence-corrected chi connectivity index (χ3v) is 5.98. The van der Waals surface area contributed by atoms with Crippen LogP contribution in [0.1, 0.15) is 0 Å². The Morgan fingerprint density at radius 1 is 0.406 bits per heavy atom. The highest BCUT2D eigenvalue weighted by Crippen LogP contribution is 2.49. The Labute approximate surface area is 188 Å². The standard InChI is InChI=1S/C30H22N2/c1-4-10-22(11-5-1)24-16-18-27-29(20-24)32(26-14-8-3-9-15-26)30-21-25(17-19-28(30)31-27)23-12-6-2-7-13-23/h1-21,31H. The summed E-state index contributed by atoms with van der Waals surface area (Å²) in [4.78, 5) is 2.36. The molecule has 1 heterocycles. The number of hydrogen-bond acceptors (Lipinski definition) is 2. The maximum Gasteiger partial charge on any atom is 0.0703 e. The van der Waals surface area contributed by atoms with Gasteiger partial charge in [0, 0.05) is 5.69 Å². The highest BCUT2D eigenvalue weighted by molar-refractivity contribution is 5.99. The molecule has 6 rings (SSSR count). The second-order valence-corrected chi connectivity index (χ2v) is 7.99. The van der Waals surface area contributed by atoms with Crippen molar-refractivity contribution in [2.45, 2.75) is 0 Å². The third-order valence-electron chi connectivity index (χ3n) is 5.98. The van der Waals surface area contributed by atoms with E-state index in [2.05, 4.69) is 138 Å². The largest absolute Gasteiger partial charge is 0.352 e. The van der Waals surface area contributed by atoms with Crippen LogP contribution < -0.4 is 10.2 Å². The van der Waals surface area contributed by atoms with Crippen LogP contribution in [0.2, 0.25) is 0 Å². The molecule has 1 N–H and O–H groups in total. The van der Waals surface area contributed by atoms with Gasteiger partial charge < -0.3 is 10.2 Å². The Balaban J connectivity index is 1.55. The van der Waals surface area contributed by atoms with Gasteiger partial charge in [0.25, 0.3) is 0 Å². The number of anilines is 5. The van der Waals surface area contributed by atoms with Crippen LogP contribution in [0.15, 0.2) is 127 Å². The summed E-state index contributed by atoms with van der Waals surface area (Å²) in [5.74, 6) is 0. The fourth-order valence-corrected chi connectivity index (χ4v) is 4.40. The van der Waals surface area contributed by atoms with E-state index in [0.717, 1.165) is 28.4 Å². The number of rotatable bonds is 3. The van der Waals surface area contributed by atoms with Gasteiger partial charge in [-0.3, -0.25) is 0 Å². The van der Waals surface area contributed by atoms with Gasteiger partial charge in [-0.15, -0.1) is 0 Å². The van der Waals surface area contributed by atoms with Crippen LogP contribution in [0.4, 0.5) is 28.4 Å². The van der Waals surface area contributed by atoms with Crippen LogP contribution in [0.25, 0.3) is 22.3 Å². The van der Waals surface area contributed by atoms with Crippen LogP contribution in [0, 0.1) is 0 Å². The quantitative estimate of drug-likeness (QED) is 0.314. The first-order valence-electron chi connectivity index (χ1n) is 10.9. The van der Waals surface area contributed by atoms with Crippen molar-refractivity contribution in [3.05, 3.63) is 127 Å². The number of fused-ring (bicyclic) bond motifs is 2. The minimum absolute atomic E-state index is 1.11. The third kappa shape index (κ3) is 3.23. The molecule has 2 nitrogen and oxygen atoms in total. The molecule has 0 amide bonds. The maximum atomic E-state index is 3.66. The number of benzene rings is 5. The van der Waals surface area contributed by atoms with Crippen LogP contribution in [0.5, 0.6) is 0 Å². The maximum absolute atomic E-state index is 3.66. The molecule has 5 aromatic carbocycles. The monoisotopic (exact) mass is 410 g/mol. The molecule has 2 heteroatoms. The molecule has 5 aromatic rings. The molecular weight excluding hydrogens is 388 g/mol. The second kappa shape index (κ2) is 7.75. The predicted octanol–water partition coefficient (Wildman–Crippen LogP) is 8.55. The molecule has 0 unspecified atom stereocenters. The van der Waals surface area contributed by atoms with E-state index in [4.69, 9.17) is 0 Å². The van der Waals surface area contributed by atoms with Crippen LogP contribution >= 0.6 is 0 Å². The summed E-state index contributed by atoms with van der Waals surface area (Å²) in [6.45, 7) is 0. The van der Waals surface area contributed by atoms with Crippen molar-refractivity contribution >= 4 is 28.4 Å². The molecule has 0 spiro atoms. The Kier molecular flexibility index (Phi) is 4.47. The number of hydrogen-bond donors (Lipinski definition) is 1. The molecule has 0 bridgehead atoms. The highest BCUT2D eigenvalue weighted by atomic mass is 15.2. The van der Waals surface area contributed by atoms with Gasteiger partial charge >= 0.3 is 0 Å². The smallest absolute Gasteiger partial charge is 0.0703 e. The first kappa shape index (κ1) is 18.5. The minimum atomic E-state index is 1.11. The summed E-state index contributed by atoms with van der Waals surface area (Å²) in [6, 6.07) is 45.0. The zero-order valence-electron chi connectivity index (χ0n) is 17.6. The Bertz CT molecular complexity index is 1290. The van der Waals surface area contributed by atoms with Gasteiger partial charge in [-0.1, -0.05) is 91.0 Å². The average molecular weight is 411 g/mol. The van der Waals surface area contributed by atoms with Crippen LogP contribution in [0.3, 0.4) is 0 Å². The van der Waals surface area contributed by atoms with Gasteiger partial charge in [-0.25, -0.2) is 0 Å². The van der Waals surface area contributed by atoms with E-state index >= 15 is 0 Å². The summed E-state index contributed by atoms with van der Waals surface area (Å²) in [5.41, 5.74) is 10.5. The average Bonchev–Trinajstić information content (AvgIpc) is 2.88. The van der Waals surface area contributed by atoms with Gasteiger partial charge in [0.05, 0.1) is 22.7 Å². The summed E-state index contributed by atoms with van der Waals surface area (Å²) < 4.78 is 0. The number of nitrogens with zero attached hydrogens (tertiary/aromatic N) is 1. The molecule has 0 aromatic heterocycles. The van der Waals surface area contributed by atoms with Crippen molar-refractivity contribution in [2.75, 3.05) is 10.2 Å². The Morgan fingerprint density at radius 2 is 0.844 bits per heavy atom. The highest BCUT2D eigenvalue weighted by Gasteiger charge is 2.25. The zero-order valence-corrected chi connectivity index (χ0v) is 17.6. The fraction of sp³-hybridized carbons (Fsp3) is 0. The Morgan fingerprint density at radius 3 is 1.31 bits per heavy atom. The van der Waals surface area contributed by atoms with Gasteiger partial charge in [0.2, 0.25) is 0 Å². The lowest BCUT2D eigenvalue weighted by molar-refractivity contribution is 1.25. The lowest BCUT2D eigenvalue weighted by Gasteiger charge is -2.34. The van der Waals surface area contributed by atoms with Gasteiger partial charge in [-0.2, -0.15) is 0 Å². The zero-order chi connectivity index (χ0) is 21.3. The van der Waals surface area contributed by atoms with Crippen LogP contribution in [-0.2, 0) is 0 Å². The summed E-state index contributed by atoms with van der Waals surface area (Å²) >= 11 is 0. The molecule has 0 atom stereocenters. The number of nitrogens with one attached hydrogen (secondary N) is 1. The molecule has 152 valence electrons. The van der Waals surface area contributed by atoms with Crippen molar-refractivity contribution in [2.24, 2.45) is 0 Å². The summed E-state index contributed by atoms with van der Waals surface area (Å²) in [6.07, 6.45) is 0. The Hall–Kier alpha value is -4.30. The second-order valence-electron chi connectivity index (χ2n) is 7.99. The topological polar surface area (TPSA) is 15.3 Å². The number of para-hydroxylation sites is 1. The molecule has 0 saturated carbocycles. The lowest BCUT2D eigenvalue weighted by atomic mass is 9.99.